The van der Waals surface area contributed by atoms with Crippen molar-refractivity contribution in [1.29, 1.82) is 0 Å². The molecule has 1 unspecified atom stereocenters. The summed E-state index contributed by atoms with van der Waals surface area (Å²) >= 11 is 3.20. The van der Waals surface area contributed by atoms with Gasteiger partial charge in [-0.3, -0.25) is 9.59 Å². The monoisotopic (exact) mass is 452 g/mol. The molecule has 1 atom stereocenters. The van der Waals surface area contributed by atoms with Crippen molar-refractivity contribution >= 4 is 38.5 Å². The minimum Gasteiger partial charge on any atom is -0.348 e. The van der Waals surface area contributed by atoms with E-state index in [0.717, 1.165) is 11.8 Å². The molecule has 3 rings (SSSR count). The molecule has 0 aliphatic carbocycles. The van der Waals surface area contributed by atoms with Gasteiger partial charge in [0.1, 0.15) is 6.54 Å². The molecule has 0 radical (unpaired) electrons. The highest BCUT2D eigenvalue weighted by molar-refractivity contribution is 9.10. The second-order valence-corrected chi connectivity index (χ2v) is 7.27. The fourth-order valence-corrected chi connectivity index (χ4v) is 3.36. The van der Waals surface area contributed by atoms with Crippen LogP contribution < -0.4 is 5.32 Å². The lowest BCUT2D eigenvalue weighted by Crippen LogP contribution is -2.30. The lowest BCUT2D eigenvalue weighted by atomic mass is 10.1. The van der Waals surface area contributed by atoms with Crippen LogP contribution in [0.25, 0.3) is 10.9 Å². The Bertz CT molecular complexity index is 1030. The fourth-order valence-electron chi connectivity index (χ4n) is 3.00. The van der Waals surface area contributed by atoms with Crippen molar-refractivity contribution < 1.29 is 22.8 Å². The zero-order chi connectivity index (χ0) is 20.5. The molecule has 1 amide bonds. The maximum atomic E-state index is 12.9. The van der Waals surface area contributed by atoms with Crippen LogP contribution >= 0.6 is 15.9 Å². The normalized spacial score (nSPS) is 12.8. The van der Waals surface area contributed by atoms with Gasteiger partial charge in [0.2, 0.25) is 5.91 Å². The molecule has 0 saturated carbocycles. The second kappa shape index (κ2) is 7.79. The standard InChI is InChI=1S/C20H16BrF3N2O2/c1-12(13-5-3-2-4-6-13)25-18(27)11-26-10-16(19(28)20(22,23)24)15-9-14(21)7-8-17(15)26/h2-10,12H,11H2,1H3,(H,25,27). The van der Waals surface area contributed by atoms with Gasteiger partial charge in [-0.1, -0.05) is 46.3 Å². The third-order valence-electron chi connectivity index (χ3n) is 4.34. The number of alkyl halides is 3. The van der Waals surface area contributed by atoms with E-state index in [2.05, 4.69) is 21.2 Å². The van der Waals surface area contributed by atoms with Crippen LogP contribution in [-0.2, 0) is 11.3 Å². The summed E-state index contributed by atoms with van der Waals surface area (Å²) in [6.45, 7) is 1.61. The Labute approximate surface area is 167 Å². The van der Waals surface area contributed by atoms with Crippen LogP contribution in [0.5, 0.6) is 0 Å². The number of halogens is 4. The number of fused-ring (bicyclic) bond motifs is 1. The Kier molecular flexibility index (Phi) is 5.60. The van der Waals surface area contributed by atoms with Gasteiger partial charge in [0, 0.05) is 21.6 Å². The number of hydrogen-bond acceptors (Lipinski definition) is 2. The summed E-state index contributed by atoms with van der Waals surface area (Å²) in [6, 6.07) is 13.7. The van der Waals surface area contributed by atoms with Gasteiger partial charge in [0.25, 0.3) is 5.78 Å². The predicted molar refractivity (Wildman–Crippen MR) is 103 cm³/mol. The van der Waals surface area contributed by atoms with Crippen molar-refractivity contribution in [3.8, 4) is 0 Å². The molecule has 0 spiro atoms. The molecule has 4 nitrogen and oxygen atoms in total. The van der Waals surface area contributed by atoms with E-state index < -0.39 is 17.5 Å². The molecule has 1 N–H and O–H groups in total. The van der Waals surface area contributed by atoms with Crippen molar-refractivity contribution in [3.05, 3.63) is 70.3 Å². The summed E-state index contributed by atoms with van der Waals surface area (Å²) in [7, 11) is 0. The third kappa shape index (κ3) is 4.27. The smallest absolute Gasteiger partial charge is 0.348 e. The minimum absolute atomic E-state index is 0.139. The summed E-state index contributed by atoms with van der Waals surface area (Å²) in [4.78, 5) is 24.2. The van der Waals surface area contributed by atoms with Crippen LogP contribution in [0.15, 0.2) is 59.2 Å². The van der Waals surface area contributed by atoms with Gasteiger partial charge in [-0.25, -0.2) is 0 Å². The number of hydrogen-bond donors (Lipinski definition) is 1. The molecule has 8 heteroatoms. The third-order valence-corrected chi connectivity index (χ3v) is 4.83. The summed E-state index contributed by atoms with van der Waals surface area (Å²) in [5, 5.41) is 2.95. The Morgan fingerprint density at radius 2 is 1.82 bits per heavy atom. The number of amides is 1. The molecular weight excluding hydrogens is 437 g/mol. The molecule has 146 valence electrons. The zero-order valence-electron chi connectivity index (χ0n) is 14.8. The summed E-state index contributed by atoms with van der Waals surface area (Å²) < 4.78 is 40.7. The number of rotatable bonds is 5. The van der Waals surface area contributed by atoms with Gasteiger partial charge < -0.3 is 9.88 Å². The van der Waals surface area contributed by atoms with Crippen LogP contribution in [0, 0.1) is 0 Å². The van der Waals surface area contributed by atoms with Crippen LogP contribution in [0.2, 0.25) is 0 Å². The van der Waals surface area contributed by atoms with Crippen LogP contribution in [0.1, 0.15) is 28.9 Å². The molecule has 0 bridgehead atoms. The molecular formula is C20H16BrF3N2O2. The first kappa shape index (κ1) is 20.1. The highest BCUT2D eigenvalue weighted by Crippen LogP contribution is 2.30. The molecule has 0 aliphatic heterocycles. The van der Waals surface area contributed by atoms with Crippen LogP contribution in [-0.4, -0.2) is 22.4 Å². The van der Waals surface area contributed by atoms with Crippen molar-refractivity contribution in [2.45, 2.75) is 25.7 Å². The number of nitrogens with one attached hydrogen (secondary N) is 1. The van der Waals surface area contributed by atoms with E-state index in [9.17, 15) is 22.8 Å². The highest BCUT2D eigenvalue weighted by Gasteiger charge is 2.41. The van der Waals surface area contributed by atoms with Crippen molar-refractivity contribution in [2.75, 3.05) is 0 Å². The van der Waals surface area contributed by atoms with Gasteiger partial charge in [-0.2, -0.15) is 13.2 Å². The molecule has 0 saturated heterocycles. The number of nitrogens with zero attached hydrogens (tertiary/aromatic N) is 1. The number of benzene rings is 2. The topological polar surface area (TPSA) is 51.1 Å². The average Bonchev–Trinajstić information content (AvgIpc) is 2.98. The quantitative estimate of drug-likeness (QED) is 0.552. The minimum atomic E-state index is -4.99. The summed E-state index contributed by atoms with van der Waals surface area (Å²) in [5.41, 5.74) is 0.802. The lowest BCUT2D eigenvalue weighted by Gasteiger charge is -2.15. The molecule has 28 heavy (non-hydrogen) atoms. The fraction of sp³-hybridized carbons (Fsp3) is 0.200. The van der Waals surface area contributed by atoms with Crippen molar-refractivity contribution in [1.82, 2.24) is 9.88 Å². The Morgan fingerprint density at radius 3 is 2.46 bits per heavy atom. The number of ketones is 1. The zero-order valence-corrected chi connectivity index (χ0v) is 16.3. The lowest BCUT2D eigenvalue weighted by molar-refractivity contribution is -0.122. The number of Topliss-reactive ketones (excluding diaryl/α,β-unsaturated/α-hetero) is 1. The summed E-state index contributed by atoms with van der Waals surface area (Å²) in [6.07, 6.45) is -3.91. The highest BCUT2D eigenvalue weighted by atomic mass is 79.9. The van der Waals surface area contributed by atoms with E-state index in [1.54, 1.807) is 12.1 Å². The van der Waals surface area contributed by atoms with Crippen LogP contribution in [0.4, 0.5) is 13.2 Å². The maximum Gasteiger partial charge on any atom is 0.454 e. The molecule has 3 aromatic rings. The first-order valence-corrected chi connectivity index (χ1v) is 9.20. The number of aromatic nitrogens is 1. The van der Waals surface area contributed by atoms with E-state index in [-0.39, 0.29) is 23.9 Å². The van der Waals surface area contributed by atoms with E-state index in [1.807, 2.05) is 37.3 Å². The van der Waals surface area contributed by atoms with Crippen LogP contribution in [0.3, 0.4) is 0 Å². The number of carbonyl (C=O) groups excluding carboxylic acids is 2. The molecule has 0 aliphatic rings. The predicted octanol–water partition coefficient (Wildman–Crippen LogP) is 5.03. The molecule has 2 aromatic carbocycles. The summed E-state index contributed by atoms with van der Waals surface area (Å²) in [5.74, 6) is -2.31. The Hall–Kier alpha value is -2.61. The second-order valence-electron chi connectivity index (χ2n) is 6.36. The molecule has 1 aromatic heterocycles. The Morgan fingerprint density at radius 1 is 1.14 bits per heavy atom. The average molecular weight is 453 g/mol. The van der Waals surface area contributed by atoms with Gasteiger partial charge in [0.05, 0.1) is 11.6 Å². The van der Waals surface area contributed by atoms with Gasteiger partial charge in [-0.05, 0) is 30.7 Å². The van der Waals surface area contributed by atoms with Gasteiger partial charge in [-0.15, -0.1) is 0 Å². The van der Waals surface area contributed by atoms with E-state index in [1.165, 1.54) is 10.6 Å². The molecule has 0 fully saturated rings. The maximum absolute atomic E-state index is 12.9. The first-order valence-electron chi connectivity index (χ1n) is 8.41. The number of carbonyl (C=O) groups is 2. The van der Waals surface area contributed by atoms with E-state index >= 15 is 0 Å². The van der Waals surface area contributed by atoms with E-state index in [4.69, 9.17) is 0 Å². The largest absolute Gasteiger partial charge is 0.454 e. The van der Waals surface area contributed by atoms with Crippen molar-refractivity contribution in [2.24, 2.45) is 0 Å². The Balaban J connectivity index is 1.89. The van der Waals surface area contributed by atoms with E-state index in [0.29, 0.717) is 9.99 Å². The van der Waals surface area contributed by atoms with Crippen molar-refractivity contribution in [3.63, 3.8) is 0 Å². The van der Waals surface area contributed by atoms with Gasteiger partial charge in [0.15, 0.2) is 0 Å². The van der Waals surface area contributed by atoms with Gasteiger partial charge >= 0.3 is 6.18 Å². The first-order chi connectivity index (χ1) is 13.2. The SMILES string of the molecule is CC(NC(=O)Cn1cc(C(=O)C(F)(F)F)c2cc(Br)ccc21)c1ccccc1. The molecule has 1 heterocycles.